The number of sulfonamides is 1. The molecule has 0 spiro atoms. The summed E-state index contributed by atoms with van der Waals surface area (Å²) in [6.45, 7) is 0.914. The third-order valence-electron chi connectivity index (χ3n) is 5.94. The molecule has 3 rings (SSSR count). The first-order valence-corrected chi connectivity index (χ1v) is 12.7. The Balaban J connectivity index is 1.42. The van der Waals surface area contributed by atoms with E-state index in [-0.39, 0.29) is 23.1 Å². The summed E-state index contributed by atoms with van der Waals surface area (Å²) in [4.78, 5) is 23.9. The van der Waals surface area contributed by atoms with E-state index in [2.05, 4.69) is 15.4 Å². The van der Waals surface area contributed by atoms with Crippen molar-refractivity contribution in [2.24, 2.45) is 5.92 Å². The predicted molar refractivity (Wildman–Crippen MR) is 119 cm³/mol. The molecule has 1 aromatic rings. The lowest BCUT2D eigenvalue weighted by molar-refractivity contribution is -0.122. The van der Waals surface area contributed by atoms with Crippen LogP contribution in [0.5, 0.6) is 5.75 Å². The van der Waals surface area contributed by atoms with E-state index in [0.29, 0.717) is 37.5 Å². The number of carbonyl (C=O) groups excluding carboxylic acids is 1. The summed E-state index contributed by atoms with van der Waals surface area (Å²) in [6.07, 6.45) is 5.38. The molecule has 1 heterocycles. The van der Waals surface area contributed by atoms with Crippen LogP contribution in [-0.2, 0) is 21.2 Å². The van der Waals surface area contributed by atoms with E-state index in [4.69, 9.17) is 4.65 Å². The fraction of sp³-hybridized carbons (Fsp3) is 0.600. The number of amides is 1. The predicted octanol–water partition coefficient (Wildman–Crippen LogP) is -0.0881. The number of fused-ring (bicyclic) bond motifs is 1. The second kappa shape index (κ2) is 10.6. The maximum absolute atomic E-state index is 12.5. The maximum Gasteiger partial charge on any atom is 0.547 e. The van der Waals surface area contributed by atoms with Gasteiger partial charge in [-0.05, 0) is 49.7 Å². The van der Waals surface area contributed by atoms with Gasteiger partial charge in [0.05, 0.1) is 17.8 Å². The zero-order valence-electron chi connectivity index (χ0n) is 18.0. The van der Waals surface area contributed by atoms with E-state index in [1.807, 2.05) is 0 Å². The molecule has 0 saturated heterocycles. The van der Waals surface area contributed by atoms with Gasteiger partial charge in [-0.15, -0.1) is 0 Å². The van der Waals surface area contributed by atoms with Crippen molar-refractivity contribution in [1.29, 1.82) is 0 Å². The highest BCUT2D eigenvalue weighted by molar-refractivity contribution is 7.88. The van der Waals surface area contributed by atoms with Crippen molar-refractivity contribution in [3.8, 4) is 5.75 Å². The first-order chi connectivity index (χ1) is 15.1. The summed E-state index contributed by atoms with van der Waals surface area (Å²) in [7, 11) is -4.49. The molecule has 1 fully saturated rings. The lowest BCUT2D eigenvalue weighted by atomic mass is 9.72. The summed E-state index contributed by atoms with van der Waals surface area (Å²) in [5, 5.41) is 25.7. The number of aromatic carboxylic acids is 1. The van der Waals surface area contributed by atoms with Crippen LogP contribution in [0.4, 0.5) is 0 Å². The third-order valence-corrected chi connectivity index (χ3v) is 6.67. The molecule has 32 heavy (non-hydrogen) atoms. The van der Waals surface area contributed by atoms with Crippen LogP contribution < -0.4 is 20.0 Å². The fourth-order valence-corrected chi connectivity index (χ4v) is 4.80. The van der Waals surface area contributed by atoms with Crippen molar-refractivity contribution in [1.82, 2.24) is 15.4 Å². The number of nitrogens with one attached hydrogen (secondary N) is 3. The molecule has 0 unspecified atom stereocenters. The van der Waals surface area contributed by atoms with Crippen LogP contribution in [0, 0.1) is 5.92 Å². The molecule has 1 atom stereocenters. The molecule has 1 saturated carbocycles. The van der Waals surface area contributed by atoms with Gasteiger partial charge in [0.25, 0.3) is 0 Å². The first-order valence-electron chi connectivity index (χ1n) is 10.8. The van der Waals surface area contributed by atoms with Gasteiger partial charge in [-0.3, -0.25) is 4.79 Å². The lowest BCUT2D eigenvalue weighted by Crippen LogP contribution is -2.53. The molecular weight excluding hydrogens is 437 g/mol. The Morgan fingerprint density at radius 1 is 1.19 bits per heavy atom. The number of rotatable bonds is 9. The van der Waals surface area contributed by atoms with Crippen molar-refractivity contribution in [2.75, 3.05) is 19.3 Å². The Bertz CT molecular complexity index is 935. The molecule has 1 aliphatic carbocycles. The smallest absolute Gasteiger partial charge is 0.534 e. The number of para-hydroxylation sites is 1. The van der Waals surface area contributed by atoms with Crippen molar-refractivity contribution in [2.45, 2.75) is 50.5 Å². The van der Waals surface area contributed by atoms with Crippen LogP contribution in [0.25, 0.3) is 0 Å². The number of carboxylic acids is 1. The maximum atomic E-state index is 12.5. The van der Waals surface area contributed by atoms with Crippen molar-refractivity contribution in [3.05, 3.63) is 29.3 Å². The Morgan fingerprint density at radius 2 is 1.91 bits per heavy atom. The van der Waals surface area contributed by atoms with Crippen LogP contribution in [0.1, 0.15) is 48.0 Å². The van der Waals surface area contributed by atoms with E-state index in [9.17, 15) is 28.1 Å². The molecule has 5 N–H and O–H groups in total. The summed E-state index contributed by atoms with van der Waals surface area (Å²) in [5.41, 5.74) is 0.626. The lowest BCUT2D eigenvalue weighted by Gasteiger charge is -2.31. The van der Waals surface area contributed by atoms with Crippen molar-refractivity contribution in [3.63, 3.8) is 0 Å². The summed E-state index contributed by atoms with van der Waals surface area (Å²) in [5.74, 6) is -1.54. The molecule has 1 aliphatic heterocycles. The van der Waals surface area contributed by atoms with Crippen molar-refractivity contribution < 1.29 is 32.8 Å². The number of carbonyl (C=O) groups is 2. The second-order valence-corrected chi connectivity index (χ2v) is 10.4. The van der Waals surface area contributed by atoms with E-state index in [1.165, 1.54) is 6.07 Å². The molecule has 1 aromatic carbocycles. The topological polar surface area (TPSA) is 154 Å². The van der Waals surface area contributed by atoms with Gasteiger partial charge < -0.3 is 25.4 Å². The summed E-state index contributed by atoms with van der Waals surface area (Å²) < 4.78 is 30.0. The van der Waals surface area contributed by atoms with Gasteiger partial charge in [0.2, 0.25) is 15.9 Å². The third kappa shape index (κ3) is 6.93. The molecule has 0 bridgehead atoms. The number of hydrogen-bond donors (Lipinski definition) is 5. The Hall–Kier alpha value is -2.15. The minimum atomic E-state index is -3.18. The minimum absolute atomic E-state index is 0.0104. The summed E-state index contributed by atoms with van der Waals surface area (Å²) in [6, 6.07) is 5.07. The van der Waals surface area contributed by atoms with Crippen LogP contribution >= 0.6 is 0 Å². The van der Waals surface area contributed by atoms with Gasteiger partial charge in [-0.25, -0.2) is 17.9 Å². The van der Waals surface area contributed by atoms with Gasteiger partial charge in [0.15, 0.2) is 0 Å². The Kier molecular flexibility index (Phi) is 8.15. The number of hydrogen-bond acceptors (Lipinski definition) is 7. The van der Waals surface area contributed by atoms with Gasteiger partial charge in [0.1, 0.15) is 5.75 Å². The molecule has 1 amide bonds. The first kappa shape index (κ1) is 24.5. The molecule has 2 aliphatic rings. The second-order valence-electron chi connectivity index (χ2n) is 8.53. The summed E-state index contributed by atoms with van der Waals surface area (Å²) >= 11 is 0. The van der Waals surface area contributed by atoms with Gasteiger partial charge >= 0.3 is 13.1 Å². The quantitative estimate of drug-likeness (QED) is 0.250. The van der Waals surface area contributed by atoms with E-state index in [0.717, 1.165) is 31.9 Å². The Labute approximate surface area is 188 Å². The average Bonchev–Trinajstić information content (AvgIpc) is 2.71. The van der Waals surface area contributed by atoms with E-state index >= 15 is 0 Å². The van der Waals surface area contributed by atoms with Crippen LogP contribution in [0.2, 0.25) is 0 Å². The normalized spacial score (nSPS) is 23.2. The highest BCUT2D eigenvalue weighted by atomic mass is 32.2. The fourth-order valence-electron chi connectivity index (χ4n) is 4.33. The van der Waals surface area contributed by atoms with Crippen molar-refractivity contribution >= 4 is 29.0 Å². The van der Waals surface area contributed by atoms with E-state index in [1.54, 1.807) is 12.1 Å². The van der Waals surface area contributed by atoms with Gasteiger partial charge in [-0.2, -0.15) is 0 Å². The Morgan fingerprint density at radius 3 is 2.56 bits per heavy atom. The highest BCUT2D eigenvalue weighted by Crippen LogP contribution is 2.31. The van der Waals surface area contributed by atoms with Gasteiger partial charge in [-0.1, -0.05) is 12.1 Å². The molecular formula is C20H30BN3O7S. The average molecular weight is 467 g/mol. The van der Waals surface area contributed by atoms with E-state index < -0.39 is 29.1 Å². The molecule has 12 heteroatoms. The largest absolute Gasteiger partial charge is 0.547 e. The zero-order valence-corrected chi connectivity index (χ0v) is 18.9. The molecule has 176 valence electrons. The van der Waals surface area contributed by atoms with Crippen LogP contribution in [0.15, 0.2) is 18.2 Å². The monoisotopic (exact) mass is 467 g/mol. The minimum Gasteiger partial charge on any atom is -0.534 e. The zero-order chi connectivity index (χ0) is 23.3. The molecule has 0 aromatic heterocycles. The van der Waals surface area contributed by atoms with Crippen LogP contribution in [-0.4, -0.2) is 68.9 Å². The SMILES string of the molecule is CS(=O)(=O)NCCN[C@H]1CC[C@H](CC(=O)N[C@H]2Cc3cccc(C(=O)O)c3OB2O)CC1. The molecule has 10 nitrogen and oxygen atoms in total. The highest BCUT2D eigenvalue weighted by Gasteiger charge is 2.38. The van der Waals surface area contributed by atoms with Crippen LogP contribution in [0.3, 0.4) is 0 Å². The molecule has 0 radical (unpaired) electrons. The van der Waals surface area contributed by atoms with Gasteiger partial charge in [0, 0.05) is 25.6 Å². The number of carboxylic acid groups (broad SMARTS) is 1. The standard InChI is InChI=1S/C20H30BN3O7S/c1-32(29,30)23-10-9-22-15-7-5-13(6-8-15)11-18(25)24-17-12-14-3-2-4-16(20(26)27)19(14)31-21(17)28/h2-4,13,15,17,22-23,28H,5-12H2,1H3,(H,24,25)(H,26,27)/t13-,15-,17-/m0/s1. The number of benzene rings is 1.